The van der Waals surface area contributed by atoms with E-state index in [2.05, 4.69) is 10.3 Å². The summed E-state index contributed by atoms with van der Waals surface area (Å²) in [7, 11) is 0. The number of aromatic nitrogens is 2. The van der Waals surface area contributed by atoms with Crippen LogP contribution in [-0.2, 0) is 4.79 Å². The van der Waals surface area contributed by atoms with E-state index in [1.807, 2.05) is 0 Å². The van der Waals surface area contributed by atoms with Crippen LogP contribution in [0.4, 0.5) is 17.2 Å². The van der Waals surface area contributed by atoms with Crippen LogP contribution in [0, 0.1) is 16.0 Å². The molecule has 0 atom stereocenters. The van der Waals surface area contributed by atoms with Crippen molar-refractivity contribution in [2.24, 2.45) is 5.92 Å². The second-order valence-corrected chi connectivity index (χ2v) is 7.59. The summed E-state index contributed by atoms with van der Waals surface area (Å²) in [6, 6.07) is 10.2. The van der Waals surface area contributed by atoms with E-state index < -0.39 is 16.2 Å². The third-order valence-corrected chi connectivity index (χ3v) is 5.68. The van der Waals surface area contributed by atoms with E-state index in [1.165, 1.54) is 6.20 Å². The maximum Gasteiger partial charge on any atom is 0.376 e. The number of nitrogens with zero attached hydrogens (tertiary/aromatic N) is 4. The molecule has 0 radical (unpaired) electrons. The third kappa shape index (κ3) is 3.47. The maximum atomic E-state index is 12.7. The van der Waals surface area contributed by atoms with Crippen molar-refractivity contribution in [1.29, 1.82) is 0 Å². The minimum Gasteiger partial charge on any atom is -0.454 e. The average molecular weight is 437 g/mol. The van der Waals surface area contributed by atoms with E-state index in [0.717, 1.165) is 4.40 Å². The van der Waals surface area contributed by atoms with Crippen LogP contribution in [0.3, 0.4) is 0 Å². The van der Waals surface area contributed by atoms with Crippen molar-refractivity contribution in [1.82, 2.24) is 9.38 Å². The van der Waals surface area contributed by atoms with E-state index in [-0.39, 0.29) is 24.4 Å². The number of anilines is 2. The molecule has 2 aliphatic rings. The zero-order valence-corrected chi connectivity index (χ0v) is 16.9. The first kappa shape index (κ1) is 19.8. The number of benzene rings is 1. The molecular formula is C21H19N5O6. The lowest BCUT2D eigenvalue weighted by Crippen LogP contribution is -2.39. The van der Waals surface area contributed by atoms with Gasteiger partial charge in [-0.05, 0) is 37.1 Å². The third-order valence-electron chi connectivity index (χ3n) is 5.68. The van der Waals surface area contributed by atoms with Gasteiger partial charge in [0.25, 0.3) is 0 Å². The van der Waals surface area contributed by atoms with Gasteiger partial charge in [0.15, 0.2) is 11.5 Å². The van der Waals surface area contributed by atoms with Crippen molar-refractivity contribution in [3.05, 3.63) is 63.1 Å². The lowest BCUT2D eigenvalue weighted by molar-refractivity contribution is -0.385. The molecule has 11 heteroatoms. The fourth-order valence-electron chi connectivity index (χ4n) is 4.02. The van der Waals surface area contributed by atoms with Crippen molar-refractivity contribution in [3.63, 3.8) is 0 Å². The number of fused-ring (bicyclic) bond motifs is 2. The highest BCUT2D eigenvalue weighted by Gasteiger charge is 2.32. The zero-order valence-electron chi connectivity index (χ0n) is 16.9. The molecule has 0 spiro atoms. The second kappa shape index (κ2) is 7.84. The van der Waals surface area contributed by atoms with Crippen molar-refractivity contribution >= 4 is 28.7 Å². The SMILES string of the molecule is O=C(Nc1ccc2c(c1)OCO2)C1CCN(c2nc3ccccn3c(=O)c2[N+](=O)[O-])CC1. The molecule has 0 aliphatic carbocycles. The van der Waals surface area contributed by atoms with Crippen LogP contribution in [-0.4, -0.2) is 40.1 Å². The molecule has 32 heavy (non-hydrogen) atoms. The van der Waals surface area contributed by atoms with E-state index in [1.54, 1.807) is 41.3 Å². The van der Waals surface area contributed by atoms with Gasteiger partial charge < -0.3 is 19.7 Å². The first-order chi connectivity index (χ1) is 15.5. The van der Waals surface area contributed by atoms with Crippen LogP contribution in [0.2, 0.25) is 0 Å². The van der Waals surface area contributed by atoms with Crippen molar-refractivity contribution in [2.45, 2.75) is 12.8 Å². The molecule has 0 saturated carbocycles. The number of rotatable bonds is 4. The molecule has 1 N–H and O–H groups in total. The summed E-state index contributed by atoms with van der Waals surface area (Å²) in [5, 5.41) is 14.5. The summed E-state index contributed by atoms with van der Waals surface area (Å²) in [5.74, 6) is 0.859. The molecule has 2 aliphatic heterocycles. The highest BCUT2D eigenvalue weighted by Crippen LogP contribution is 2.35. The standard InChI is InChI=1S/C21H19N5O6/c27-20(22-14-4-5-15-16(11-14)32-12-31-15)13-6-9-24(10-7-13)19-18(26(29)30)21(28)25-8-2-1-3-17(25)23-19/h1-5,8,11,13H,6-7,9-10,12H2,(H,22,27). The minimum absolute atomic E-state index is 0.0424. The highest BCUT2D eigenvalue weighted by atomic mass is 16.7. The number of carbonyl (C=O) groups is 1. The number of hydrogen-bond acceptors (Lipinski definition) is 8. The Hall–Kier alpha value is -4.15. The molecule has 1 saturated heterocycles. The van der Waals surface area contributed by atoms with Crippen LogP contribution in [0.5, 0.6) is 11.5 Å². The monoisotopic (exact) mass is 437 g/mol. The predicted molar refractivity (Wildman–Crippen MR) is 114 cm³/mol. The van der Waals surface area contributed by atoms with Crippen molar-refractivity contribution < 1.29 is 19.2 Å². The first-order valence-corrected chi connectivity index (χ1v) is 10.1. The van der Waals surface area contributed by atoms with Crippen LogP contribution in [0.1, 0.15) is 12.8 Å². The van der Waals surface area contributed by atoms with Crippen LogP contribution in [0.15, 0.2) is 47.4 Å². The van der Waals surface area contributed by atoms with Gasteiger partial charge in [-0.25, -0.2) is 4.98 Å². The Labute approximate surface area is 181 Å². The van der Waals surface area contributed by atoms with E-state index in [0.29, 0.717) is 48.8 Å². The van der Waals surface area contributed by atoms with Gasteiger partial charge in [0, 0.05) is 37.0 Å². The Morgan fingerprint density at radius 2 is 1.94 bits per heavy atom. The largest absolute Gasteiger partial charge is 0.454 e. The normalized spacial score (nSPS) is 15.7. The van der Waals surface area contributed by atoms with Crippen LogP contribution < -0.4 is 25.2 Å². The van der Waals surface area contributed by atoms with Gasteiger partial charge in [-0.2, -0.15) is 0 Å². The fraction of sp³-hybridized carbons (Fsp3) is 0.286. The van der Waals surface area contributed by atoms with Gasteiger partial charge in [-0.1, -0.05) is 6.07 Å². The zero-order chi connectivity index (χ0) is 22.2. The summed E-state index contributed by atoms with van der Waals surface area (Å²) >= 11 is 0. The molecule has 11 nitrogen and oxygen atoms in total. The molecule has 164 valence electrons. The molecule has 0 bridgehead atoms. The van der Waals surface area contributed by atoms with Gasteiger partial charge in [0.1, 0.15) is 5.65 Å². The minimum atomic E-state index is -0.724. The molecule has 5 rings (SSSR count). The van der Waals surface area contributed by atoms with Crippen LogP contribution >= 0.6 is 0 Å². The molecule has 1 aromatic carbocycles. The summed E-state index contributed by atoms with van der Waals surface area (Å²) in [4.78, 5) is 42.4. The highest BCUT2D eigenvalue weighted by molar-refractivity contribution is 5.93. The molecule has 0 unspecified atom stereocenters. The smallest absolute Gasteiger partial charge is 0.376 e. The molecule has 1 amide bonds. The Balaban J connectivity index is 1.32. The number of carbonyl (C=O) groups excluding carboxylic acids is 1. The molecule has 2 aromatic heterocycles. The number of nitrogens with one attached hydrogen (secondary N) is 1. The summed E-state index contributed by atoms with van der Waals surface area (Å²) < 4.78 is 11.8. The molecule has 3 aromatic rings. The molecule has 1 fully saturated rings. The summed E-state index contributed by atoms with van der Waals surface area (Å²) in [6.07, 6.45) is 2.40. The van der Waals surface area contributed by atoms with Crippen molar-refractivity contribution in [3.8, 4) is 11.5 Å². The van der Waals surface area contributed by atoms with Gasteiger partial charge in [-0.3, -0.25) is 24.1 Å². The average Bonchev–Trinajstić information content (AvgIpc) is 3.27. The summed E-state index contributed by atoms with van der Waals surface area (Å²) in [6.45, 7) is 0.898. The van der Waals surface area contributed by atoms with E-state index in [9.17, 15) is 19.7 Å². The number of amides is 1. The first-order valence-electron chi connectivity index (χ1n) is 10.1. The Morgan fingerprint density at radius 1 is 1.16 bits per heavy atom. The number of piperidine rings is 1. The number of nitro groups is 1. The number of pyridine rings is 1. The predicted octanol–water partition coefficient (Wildman–Crippen LogP) is 2.19. The molecular weight excluding hydrogens is 418 g/mol. The lowest BCUT2D eigenvalue weighted by Gasteiger charge is -2.31. The van der Waals surface area contributed by atoms with Crippen molar-refractivity contribution in [2.75, 3.05) is 30.1 Å². The van der Waals surface area contributed by atoms with Gasteiger partial charge in [0.2, 0.25) is 18.5 Å². The Morgan fingerprint density at radius 3 is 2.72 bits per heavy atom. The van der Waals surface area contributed by atoms with Gasteiger partial charge >= 0.3 is 11.2 Å². The topological polar surface area (TPSA) is 128 Å². The van der Waals surface area contributed by atoms with E-state index >= 15 is 0 Å². The quantitative estimate of drug-likeness (QED) is 0.486. The van der Waals surface area contributed by atoms with Gasteiger partial charge in [-0.15, -0.1) is 0 Å². The number of ether oxygens (including phenoxy) is 2. The lowest BCUT2D eigenvalue weighted by atomic mass is 9.95. The molecule has 4 heterocycles. The van der Waals surface area contributed by atoms with E-state index in [4.69, 9.17) is 9.47 Å². The number of hydrogen-bond donors (Lipinski definition) is 1. The Kier molecular flexibility index (Phi) is 4.85. The maximum absolute atomic E-state index is 12.7. The Bertz CT molecular complexity index is 1280. The second-order valence-electron chi connectivity index (χ2n) is 7.59. The van der Waals surface area contributed by atoms with Gasteiger partial charge in [0.05, 0.1) is 4.92 Å². The summed E-state index contributed by atoms with van der Waals surface area (Å²) in [5.41, 5.74) is -0.336. The fourth-order valence-corrected chi connectivity index (χ4v) is 4.02. The van der Waals surface area contributed by atoms with Crippen LogP contribution in [0.25, 0.3) is 5.65 Å².